The van der Waals surface area contributed by atoms with Crippen molar-refractivity contribution in [1.29, 1.82) is 0 Å². The molecular weight excluding hydrogens is 336 g/mol. The smallest absolute Gasteiger partial charge is 0.126 e. The Labute approximate surface area is 153 Å². The Morgan fingerprint density at radius 2 is 1.88 bits per heavy atom. The Balaban J connectivity index is 1.74. The molecule has 0 amide bonds. The van der Waals surface area contributed by atoms with Crippen LogP contribution in [0.3, 0.4) is 0 Å². The number of ether oxygens (including phenoxy) is 1. The molecule has 1 aromatic heterocycles. The van der Waals surface area contributed by atoms with Gasteiger partial charge in [0.05, 0.1) is 43.5 Å². The second-order valence-electron chi connectivity index (χ2n) is 9.19. The number of epoxide rings is 1. The van der Waals surface area contributed by atoms with Gasteiger partial charge in [0, 0.05) is 23.3 Å². The normalized spacial score (nSPS) is 51.9. The topological polar surface area (TPSA) is 107 Å². The average molecular weight is 366 g/mol. The van der Waals surface area contributed by atoms with Gasteiger partial charge >= 0.3 is 0 Å². The standard InChI is InChI=1S/C20H30O6/c1-11-6-15(23)19(3)17(13(21)7-16(24)20(19)10-26-20)18(11,2)8-14(22)12-4-5-25-9-12/h4-5,9,11,13-17,21-24H,6-8,10H2,1-3H3/t11-,13-,14?,15+,16+,17-,18+,19-,20-/m1/s1. The largest absolute Gasteiger partial charge is 0.472 e. The van der Waals surface area contributed by atoms with Gasteiger partial charge in [0.15, 0.2) is 0 Å². The fourth-order valence-electron chi connectivity index (χ4n) is 6.25. The number of aliphatic hydroxyl groups is 4. The maximum atomic E-state index is 11.0. The van der Waals surface area contributed by atoms with Gasteiger partial charge in [-0.15, -0.1) is 0 Å². The third-order valence-electron chi connectivity index (χ3n) is 8.07. The summed E-state index contributed by atoms with van der Waals surface area (Å²) < 4.78 is 10.9. The summed E-state index contributed by atoms with van der Waals surface area (Å²) in [6, 6.07) is 1.75. The molecular formula is C20H30O6. The highest BCUT2D eigenvalue weighted by Gasteiger charge is 2.76. The third kappa shape index (κ3) is 2.23. The number of aliphatic hydroxyl groups excluding tert-OH is 4. The molecule has 1 aliphatic heterocycles. The number of hydrogen-bond acceptors (Lipinski definition) is 6. The molecule has 1 saturated heterocycles. The van der Waals surface area contributed by atoms with E-state index in [0.717, 1.165) is 0 Å². The van der Waals surface area contributed by atoms with Gasteiger partial charge in [-0.2, -0.15) is 0 Å². The molecule has 2 heterocycles. The summed E-state index contributed by atoms with van der Waals surface area (Å²) in [4.78, 5) is 0. The summed E-state index contributed by atoms with van der Waals surface area (Å²) in [5.41, 5.74) is -1.27. The van der Waals surface area contributed by atoms with E-state index in [-0.39, 0.29) is 18.3 Å². The van der Waals surface area contributed by atoms with E-state index in [1.165, 1.54) is 6.26 Å². The lowest BCUT2D eigenvalue weighted by atomic mass is 9.42. The van der Waals surface area contributed by atoms with Gasteiger partial charge < -0.3 is 29.6 Å². The van der Waals surface area contributed by atoms with E-state index in [2.05, 4.69) is 13.8 Å². The molecule has 1 aromatic rings. The van der Waals surface area contributed by atoms with E-state index < -0.39 is 40.8 Å². The molecule has 2 aliphatic carbocycles. The van der Waals surface area contributed by atoms with Crippen LogP contribution in [0.2, 0.25) is 0 Å². The molecule has 26 heavy (non-hydrogen) atoms. The zero-order valence-corrected chi connectivity index (χ0v) is 15.6. The van der Waals surface area contributed by atoms with E-state index in [0.29, 0.717) is 25.0 Å². The lowest BCUT2D eigenvalue weighted by Crippen LogP contribution is -2.70. The molecule has 6 heteroatoms. The van der Waals surface area contributed by atoms with Crippen molar-refractivity contribution in [2.24, 2.45) is 22.7 Å². The lowest BCUT2D eigenvalue weighted by molar-refractivity contribution is -0.249. The van der Waals surface area contributed by atoms with Crippen molar-refractivity contribution in [2.45, 2.75) is 70.1 Å². The maximum absolute atomic E-state index is 11.0. The number of hydrogen-bond donors (Lipinski definition) is 4. The summed E-state index contributed by atoms with van der Waals surface area (Å²) in [5, 5.41) is 43.4. The second-order valence-corrected chi connectivity index (χ2v) is 9.19. The molecule has 6 nitrogen and oxygen atoms in total. The van der Waals surface area contributed by atoms with Crippen LogP contribution >= 0.6 is 0 Å². The quantitative estimate of drug-likeness (QED) is 0.606. The van der Waals surface area contributed by atoms with Crippen molar-refractivity contribution in [3.05, 3.63) is 24.2 Å². The fraction of sp³-hybridized carbons (Fsp3) is 0.800. The Morgan fingerprint density at radius 3 is 2.46 bits per heavy atom. The van der Waals surface area contributed by atoms with E-state index in [9.17, 15) is 20.4 Å². The maximum Gasteiger partial charge on any atom is 0.126 e. The first-order valence-electron chi connectivity index (χ1n) is 9.55. The van der Waals surface area contributed by atoms with Crippen molar-refractivity contribution >= 4 is 0 Å². The van der Waals surface area contributed by atoms with Gasteiger partial charge in [0.1, 0.15) is 5.60 Å². The Morgan fingerprint density at radius 1 is 1.19 bits per heavy atom. The van der Waals surface area contributed by atoms with E-state index in [1.807, 2.05) is 6.92 Å². The Bertz CT molecular complexity index is 655. The first-order chi connectivity index (χ1) is 12.2. The first kappa shape index (κ1) is 18.4. The van der Waals surface area contributed by atoms with Crippen molar-refractivity contribution in [3.8, 4) is 0 Å². The van der Waals surface area contributed by atoms with Crippen molar-refractivity contribution in [2.75, 3.05) is 6.61 Å². The summed E-state index contributed by atoms with van der Waals surface area (Å²) in [7, 11) is 0. The molecule has 1 spiro atoms. The molecule has 3 aliphatic rings. The van der Waals surface area contributed by atoms with Gasteiger partial charge in [-0.05, 0) is 30.2 Å². The van der Waals surface area contributed by atoms with Gasteiger partial charge in [-0.1, -0.05) is 20.8 Å². The van der Waals surface area contributed by atoms with Crippen LogP contribution in [0.15, 0.2) is 23.0 Å². The zero-order chi connectivity index (χ0) is 18.9. The van der Waals surface area contributed by atoms with Crippen LogP contribution in [0.1, 0.15) is 51.7 Å². The molecule has 4 N–H and O–H groups in total. The first-order valence-corrected chi connectivity index (χ1v) is 9.55. The molecule has 0 aromatic carbocycles. The van der Waals surface area contributed by atoms with Crippen molar-refractivity contribution in [1.82, 2.24) is 0 Å². The number of rotatable bonds is 3. The predicted molar refractivity (Wildman–Crippen MR) is 93.1 cm³/mol. The fourth-order valence-corrected chi connectivity index (χ4v) is 6.25. The molecule has 4 rings (SSSR count). The van der Waals surface area contributed by atoms with Crippen LogP contribution in [0, 0.1) is 22.7 Å². The lowest BCUT2D eigenvalue weighted by Gasteiger charge is -2.64. The second kappa shape index (κ2) is 5.79. The summed E-state index contributed by atoms with van der Waals surface area (Å²) in [5.74, 6) is -0.195. The molecule has 0 bridgehead atoms. The predicted octanol–water partition coefficient (Wildman–Crippen LogP) is 1.63. The van der Waals surface area contributed by atoms with Crippen LogP contribution in [0.5, 0.6) is 0 Å². The zero-order valence-electron chi connectivity index (χ0n) is 15.6. The summed E-state index contributed by atoms with van der Waals surface area (Å²) in [6.07, 6.45) is 1.38. The minimum atomic E-state index is -0.793. The van der Waals surface area contributed by atoms with Crippen LogP contribution in [0.25, 0.3) is 0 Å². The minimum Gasteiger partial charge on any atom is -0.472 e. The third-order valence-corrected chi connectivity index (χ3v) is 8.07. The number of fused-ring (bicyclic) bond motifs is 2. The van der Waals surface area contributed by atoms with E-state index >= 15 is 0 Å². The van der Waals surface area contributed by atoms with E-state index in [1.54, 1.807) is 12.3 Å². The summed E-state index contributed by atoms with van der Waals surface area (Å²) in [6.45, 7) is 6.50. The van der Waals surface area contributed by atoms with Gasteiger partial charge in [-0.25, -0.2) is 0 Å². The van der Waals surface area contributed by atoms with Crippen LogP contribution in [-0.2, 0) is 4.74 Å². The van der Waals surface area contributed by atoms with Crippen molar-refractivity contribution in [3.63, 3.8) is 0 Å². The van der Waals surface area contributed by atoms with Crippen LogP contribution < -0.4 is 0 Å². The highest BCUT2D eigenvalue weighted by Crippen LogP contribution is 2.68. The van der Waals surface area contributed by atoms with Crippen molar-refractivity contribution < 1.29 is 29.6 Å². The summed E-state index contributed by atoms with van der Waals surface area (Å²) >= 11 is 0. The highest BCUT2D eigenvalue weighted by molar-refractivity contribution is 5.24. The molecule has 2 saturated carbocycles. The molecule has 1 unspecified atom stereocenters. The van der Waals surface area contributed by atoms with Crippen LogP contribution in [0.4, 0.5) is 0 Å². The Hall–Kier alpha value is -0.920. The van der Waals surface area contributed by atoms with Gasteiger partial charge in [0.25, 0.3) is 0 Å². The van der Waals surface area contributed by atoms with Gasteiger partial charge in [0.2, 0.25) is 0 Å². The highest BCUT2D eigenvalue weighted by atomic mass is 16.6. The minimum absolute atomic E-state index is 0.0952. The average Bonchev–Trinajstić information content (AvgIpc) is 3.19. The molecule has 3 fully saturated rings. The SMILES string of the molecule is C[C@@H]1C[C@H](O)[C@]2(C)[C@H]([C@H](O)C[C@H](O)[C@]23CO3)[C@@]1(C)CC(O)c1ccoc1. The number of furan rings is 1. The van der Waals surface area contributed by atoms with Gasteiger partial charge in [-0.3, -0.25) is 0 Å². The van der Waals surface area contributed by atoms with E-state index in [4.69, 9.17) is 9.15 Å². The monoisotopic (exact) mass is 366 g/mol. The molecule has 9 atom stereocenters. The Kier molecular flexibility index (Phi) is 4.11. The van der Waals surface area contributed by atoms with Crippen LogP contribution in [-0.4, -0.2) is 50.9 Å². The molecule has 146 valence electrons. The molecule has 0 radical (unpaired) electrons.